The lowest BCUT2D eigenvalue weighted by Gasteiger charge is -2.24. The molecule has 6 aromatic rings. The van der Waals surface area contributed by atoms with Gasteiger partial charge in [0.2, 0.25) is 0 Å². The zero-order valence-electron chi connectivity index (χ0n) is 29.6. The summed E-state index contributed by atoms with van der Waals surface area (Å²) < 4.78 is 70.2. The van der Waals surface area contributed by atoms with Gasteiger partial charge in [-0.3, -0.25) is 9.11 Å². The number of aromatic nitrogens is 1. The second-order valence-electron chi connectivity index (χ2n) is 12.7. The minimum absolute atomic E-state index is 0.0233. The number of carbonyl (C=O) groups excluding carboxylic acids is 1. The molecule has 2 heterocycles. The fourth-order valence-electron chi connectivity index (χ4n) is 6.20. The van der Waals surface area contributed by atoms with Crippen LogP contribution in [0.4, 0.5) is 5.69 Å². The fourth-order valence-corrected chi connectivity index (χ4v) is 7.61. The van der Waals surface area contributed by atoms with Gasteiger partial charge in [-0.1, -0.05) is 86.1 Å². The van der Waals surface area contributed by atoms with Crippen molar-refractivity contribution in [3.63, 3.8) is 0 Å². The molecule has 0 aliphatic carbocycles. The maximum absolute atomic E-state index is 11.4. The highest BCUT2D eigenvalue weighted by Crippen LogP contribution is 2.31. The standard InChI is InChI=1S/C19H20N2.C11H15NO2.C10H8O6S2/c1-20-12-11-19-17(14-20)16-9-5-6-10-18(16)21(19)13-15-7-3-2-4-8-15;1-2-3-8-14-11(13)9-4-6-10(12)7-5-9;11-17(12,13)9-5-1-3-7-8(9)4-2-6-10(7)18(14,15)16/h2-10H,11-14H2,1H3;4-7H,2-3,8,12H2,1H3;1-6H,(H,11,12,13)(H,14,15,16). The Labute approximate surface area is 310 Å². The summed E-state index contributed by atoms with van der Waals surface area (Å²) in [5.41, 5.74) is 12.5. The topological polar surface area (TPSA) is 169 Å². The quantitative estimate of drug-likeness (QED) is 0.0623. The summed E-state index contributed by atoms with van der Waals surface area (Å²) in [6.45, 7) is 5.73. The summed E-state index contributed by atoms with van der Waals surface area (Å²) in [5.74, 6) is -0.279. The van der Waals surface area contributed by atoms with E-state index in [1.165, 1.54) is 52.0 Å². The average Bonchev–Trinajstić information content (AvgIpc) is 3.43. The molecule has 0 bridgehead atoms. The number of carbonyl (C=O) groups is 1. The van der Waals surface area contributed by atoms with Crippen LogP contribution in [0, 0.1) is 0 Å². The Bertz CT molecular complexity index is 2340. The average molecular weight is 758 g/mol. The number of rotatable bonds is 8. The van der Waals surface area contributed by atoms with Crippen LogP contribution in [0.2, 0.25) is 0 Å². The van der Waals surface area contributed by atoms with Crippen LogP contribution in [0.15, 0.2) is 125 Å². The number of fused-ring (bicyclic) bond motifs is 4. The van der Waals surface area contributed by atoms with Crippen molar-refractivity contribution in [3.8, 4) is 0 Å². The van der Waals surface area contributed by atoms with Crippen LogP contribution in [0.5, 0.6) is 0 Å². The lowest BCUT2D eigenvalue weighted by molar-refractivity contribution is 0.0499. The zero-order chi connectivity index (χ0) is 38.2. The van der Waals surface area contributed by atoms with Crippen molar-refractivity contribution < 1.29 is 35.5 Å². The Morgan fingerprint density at radius 1 is 0.755 bits per heavy atom. The number of para-hydroxylation sites is 1. The Kier molecular flexibility index (Phi) is 12.7. The van der Waals surface area contributed by atoms with Crippen molar-refractivity contribution in [2.24, 2.45) is 0 Å². The second-order valence-corrected chi connectivity index (χ2v) is 15.5. The van der Waals surface area contributed by atoms with Crippen molar-refractivity contribution in [1.29, 1.82) is 0 Å². The predicted molar refractivity (Wildman–Crippen MR) is 207 cm³/mol. The molecule has 0 atom stereocenters. The fraction of sp³-hybridized carbons (Fsp3) is 0.225. The lowest BCUT2D eigenvalue weighted by atomic mass is 10.1. The molecule has 4 N–H and O–H groups in total. The number of nitrogens with zero attached hydrogens (tertiary/aromatic N) is 2. The first-order chi connectivity index (χ1) is 25.3. The van der Waals surface area contributed by atoms with E-state index in [0.717, 1.165) is 51.0 Å². The zero-order valence-corrected chi connectivity index (χ0v) is 31.2. The third-order valence-electron chi connectivity index (χ3n) is 8.81. The van der Waals surface area contributed by atoms with E-state index in [9.17, 15) is 21.6 Å². The summed E-state index contributed by atoms with van der Waals surface area (Å²) in [6, 6.07) is 33.9. The largest absolute Gasteiger partial charge is 0.462 e. The Hall–Kier alpha value is -5.05. The van der Waals surface area contributed by atoms with Gasteiger partial charge in [0.15, 0.2) is 0 Å². The van der Waals surface area contributed by atoms with Gasteiger partial charge < -0.3 is 19.9 Å². The van der Waals surface area contributed by atoms with Crippen molar-refractivity contribution in [1.82, 2.24) is 9.47 Å². The van der Waals surface area contributed by atoms with Gasteiger partial charge in [-0.05, 0) is 67.1 Å². The van der Waals surface area contributed by atoms with E-state index in [-0.39, 0.29) is 16.7 Å². The molecule has 53 heavy (non-hydrogen) atoms. The van der Waals surface area contributed by atoms with Crippen LogP contribution in [0.25, 0.3) is 21.7 Å². The van der Waals surface area contributed by atoms with E-state index < -0.39 is 30.0 Å². The van der Waals surface area contributed by atoms with Gasteiger partial charge in [0, 0.05) is 59.1 Å². The van der Waals surface area contributed by atoms with Crippen LogP contribution in [0.1, 0.15) is 46.9 Å². The van der Waals surface area contributed by atoms with Gasteiger partial charge in [0.25, 0.3) is 20.2 Å². The van der Waals surface area contributed by atoms with E-state index in [2.05, 4.69) is 78.0 Å². The number of esters is 1. The molecular formula is C40H43N3O8S2. The summed E-state index contributed by atoms with van der Waals surface area (Å²) in [5, 5.41) is 1.47. The SMILES string of the molecule is CCCCOC(=O)c1ccc(N)cc1.CN1CCc2c(c3ccccc3n2Cc2ccccc2)C1.O=S(=O)(O)c1cccc2c(S(=O)(=O)O)cccc12. The highest BCUT2D eigenvalue weighted by Gasteiger charge is 2.22. The summed E-state index contributed by atoms with van der Waals surface area (Å²) in [7, 11) is -6.72. The van der Waals surface area contributed by atoms with E-state index in [1.807, 2.05) is 0 Å². The lowest BCUT2D eigenvalue weighted by Crippen LogP contribution is -2.27. The number of hydrogen-bond acceptors (Lipinski definition) is 8. The summed E-state index contributed by atoms with van der Waals surface area (Å²) in [6.07, 6.45) is 3.07. The number of ether oxygens (including phenoxy) is 1. The van der Waals surface area contributed by atoms with Crippen molar-refractivity contribution in [2.75, 3.05) is 25.9 Å². The molecule has 0 saturated heterocycles. The molecule has 0 amide bonds. The summed E-state index contributed by atoms with van der Waals surface area (Å²) in [4.78, 5) is 13.0. The maximum atomic E-state index is 11.4. The smallest absolute Gasteiger partial charge is 0.338 e. The van der Waals surface area contributed by atoms with Crippen LogP contribution in [0.3, 0.4) is 0 Å². The van der Waals surface area contributed by atoms with Gasteiger partial charge in [-0.2, -0.15) is 16.8 Å². The second kappa shape index (κ2) is 17.2. The first-order valence-corrected chi connectivity index (χ1v) is 20.0. The number of hydrogen-bond donors (Lipinski definition) is 3. The number of benzene rings is 5. The molecule has 11 nitrogen and oxygen atoms in total. The number of likely N-dealkylation sites (N-methyl/N-ethyl adjacent to an activating group) is 1. The number of nitrogen functional groups attached to an aromatic ring is 1. The highest BCUT2D eigenvalue weighted by molar-refractivity contribution is 7.86. The van der Waals surface area contributed by atoms with Crippen LogP contribution in [-0.2, 0) is 44.5 Å². The maximum Gasteiger partial charge on any atom is 0.338 e. The Balaban J connectivity index is 0.000000157. The molecule has 1 aliphatic heterocycles. The van der Waals surface area contributed by atoms with Gasteiger partial charge >= 0.3 is 5.97 Å². The van der Waals surface area contributed by atoms with E-state index in [0.29, 0.717) is 17.9 Å². The van der Waals surface area contributed by atoms with E-state index in [4.69, 9.17) is 19.6 Å². The minimum atomic E-state index is -4.47. The van der Waals surface area contributed by atoms with E-state index >= 15 is 0 Å². The molecule has 0 spiro atoms. The minimum Gasteiger partial charge on any atom is -0.462 e. The van der Waals surface area contributed by atoms with Crippen molar-refractivity contribution in [2.45, 2.75) is 49.1 Å². The van der Waals surface area contributed by atoms with Gasteiger partial charge in [0.1, 0.15) is 9.79 Å². The third kappa shape index (κ3) is 9.89. The normalized spacial score (nSPS) is 13.0. The molecule has 13 heteroatoms. The van der Waals surface area contributed by atoms with Crippen molar-refractivity contribution >= 4 is 53.6 Å². The molecule has 0 fully saturated rings. The summed E-state index contributed by atoms with van der Waals surface area (Å²) >= 11 is 0. The monoisotopic (exact) mass is 757 g/mol. The number of unbranched alkanes of at least 4 members (excludes halogenated alkanes) is 1. The molecule has 278 valence electrons. The Morgan fingerprint density at radius 2 is 1.32 bits per heavy atom. The van der Waals surface area contributed by atoms with Gasteiger partial charge in [-0.25, -0.2) is 4.79 Å². The Morgan fingerprint density at radius 3 is 1.91 bits per heavy atom. The molecule has 1 aromatic heterocycles. The first kappa shape index (κ1) is 39.2. The van der Waals surface area contributed by atoms with Crippen LogP contribution >= 0.6 is 0 Å². The molecule has 7 rings (SSSR count). The molecular weight excluding hydrogens is 715 g/mol. The number of nitrogens with two attached hydrogens (primary N) is 1. The third-order valence-corrected chi connectivity index (χ3v) is 10.6. The highest BCUT2D eigenvalue weighted by atomic mass is 32.2. The molecule has 0 unspecified atom stereocenters. The van der Waals surface area contributed by atoms with Gasteiger partial charge in [0.05, 0.1) is 12.2 Å². The first-order valence-electron chi connectivity index (χ1n) is 17.1. The van der Waals surface area contributed by atoms with Crippen molar-refractivity contribution in [3.05, 3.63) is 138 Å². The van der Waals surface area contributed by atoms with Crippen LogP contribution < -0.4 is 5.73 Å². The molecule has 0 saturated carbocycles. The molecule has 5 aromatic carbocycles. The van der Waals surface area contributed by atoms with E-state index in [1.54, 1.807) is 24.3 Å². The molecule has 1 aliphatic rings. The van der Waals surface area contributed by atoms with Crippen LogP contribution in [-0.4, -0.2) is 61.6 Å². The predicted octanol–water partition coefficient (Wildman–Crippen LogP) is 7.24. The van der Waals surface area contributed by atoms with Gasteiger partial charge in [-0.15, -0.1) is 0 Å². The molecule has 0 radical (unpaired) electrons. The number of anilines is 1.